The smallest absolute Gasteiger partial charge is 0.253 e. The van der Waals surface area contributed by atoms with Gasteiger partial charge in [-0.05, 0) is 55.2 Å². The zero-order valence-corrected chi connectivity index (χ0v) is 23.9. The number of rotatable bonds is 11. The normalized spacial score (nSPS) is 14.3. The van der Waals surface area contributed by atoms with Crippen LogP contribution in [0.1, 0.15) is 34.3 Å². The summed E-state index contributed by atoms with van der Waals surface area (Å²) in [5, 5.41) is 5.74. The van der Waals surface area contributed by atoms with Crippen molar-refractivity contribution >= 4 is 27.5 Å². The first kappa shape index (κ1) is 30.0. The molecule has 1 heterocycles. The molecule has 0 aliphatic carbocycles. The Bertz CT molecular complexity index is 1490. The summed E-state index contributed by atoms with van der Waals surface area (Å²) in [6, 6.07) is 18.1. The van der Waals surface area contributed by atoms with Gasteiger partial charge in [0.15, 0.2) is 11.5 Å². The summed E-state index contributed by atoms with van der Waals surface area (Å²) in [6.45, 7) is 0.691. The molecule has 0 spiro atoms. The van der Waals surface area contributed by atoms with E-state index in [2.05, 4.69) is 10.6 Å². The minimum absolute atomic E-state index is 0.117. The van der Waals surface area contributed by atoms with Crippen molar-refractivity contribution in [2.24, 2.45) is 5.92 Å². The second kappa shape index (κ2) is 13.6. The summed E-state index contributed by atoms with van der Waals surface area (Å²) in [6.07, 6.45) is 1.21. The first-order valence-corrected chi connectivity index (χ1v) is 14.9. The summed E-state index contributed by atoms with van der Waals surface area (Å²) in [5.74, 6) is -0.773. The summed E-state index contributed by atoms with van der Waals surface area (Å²) >= 11 is 0. The number of hydrogen-bond donors (Lipinski definition) is 2. The van der Waals surface area contributed by atoms with Gasteiger partial charge in [-0.3, -0.25) is 9.59 Å². The van der Waals surface area contributed by atoms with Crippen molar-refractivity contribution < 1.29 is 31.9 Å². The van der Waals surface area contributed by atoms with Gasteiger partial charge in [0.05, 0.1) is 31.2 Å². The molecule has 0 saturated carbocycles. The number of hydrogen-bond acceptors (Lipinski definition) is 6. The van der Waals surface area contributed by atoms with Gasteiger partial charge < -0.3 is 20.1 Å². The Morgan fingerprint density at radius 3 is 2.34 bits per heavy atom. The minimum Gasteiger partial charge on any atom is -0.493 e. The van der Waals surface area contributed by atoms with Crippen molar-refractivity contribution in [2.75, 3.05) is 39.2 Å². The molecule has 218 valence electrons. The molecular weight excluding hydrogens is 549 g/mol. The van der Waals surface area contributed by atoms with Gasteiger partial charge in [-0.1, -0.05) is 36.4 Å². The Hall–Kier alpha value is -3.96. The molecule has 1 aliphatic rings. The standard InChI is InChI=1S/C30H34FN3O6S/c1-39-27-12-11-21(19-28(27)40-2)13-16-32-30(36)24-8-4-6-10-26(24)33-29(35)22-14-17-34(18-15-22)41(37,38)20-23-7-3-5-9-25(23)31/h3-12,19,22H,13-18,20H2,1-2H3,(H,32,36)(H,33,35). The van der Waals surface area contributed by atoms with Gasteiger partial charge in [-0.25, -0.2) is 17.1 Å². The highest BCUT2D eigenvalue weighted by Gasteiger charge is 2.32. The van der Waals surface area contributed by atoms with E-state index in [-0.39, 0.29) is 30.5 Å². The lowest BCUT2D eigenvalue weighted by atomic mass is 9.97. The molecule has 2 amide bonds. The molecule has 11 heteroatoms. The van der Waals surface area contributed by atoms with Crippen LogP contribution in [0.25, 0.3) is 0 Å². The summed E-state index contributed by atoms with van der Waals surface area (Å²) in [4.78, 5) is 26.0. The number of nitrogens with one attached hydrogen (secondary N) is 2. The highest BCUT2D eigenvalue weighted by molar-refractivity contribution is 7.88. The second-order valence-electron chi connectivity index (χ2n) is 9.75. The third kappa shape index (κ3) is 7.62. The Kier molecular flexibility index (Phi) is 9.95. The molecule has 0 bridgehead atoms. The maximum absolute atomic E-state index is 14.0. The van der Waals surface area contributed by atoms with E-state index in [1.165, 1.54) is 22.5 Å². The van der Waals surface area contributed by atoms with Crippen LogP contribution in [0.2, 0.25) is 0 Å². The van der Waals surface area contributed by atoms with Gasteiger partial charge in [0, 0.05) is 31.1 Å². The van der Waals surface area contributed by atoms with E-state index >= 15 is 0 Å². The lowest BCUT2D eigenvalue weighted by Gasteiger charge is -2.30. The van der Waals surface area contributed by atoms with Crippen LogP contribution in [0.15, 0.2) is 66.7 Å². The summed E-state index contributed by atoms with van der Waals surface area (Å²) < 4.78 is 51.5. The van der Waals surface area contributed by atoms with E-state index in [0.29, 0.717) is 48.6 Å². The molecule has 2 N–H and O–H groups in total. The van der Waals surface area contributed by atoms with Crippen molar-refractivity contribution in [2.45, 2.75) is 25.0 Å². The van der Waals surface area contributed by atoms with E-state index in [1.807, 2.05) is 18.2 Å². The molecule has 1 saturated heterocycles. The molecule has 0 unspecified atom stereocenters. The maximum Gasteiger partial charge on any atom is 0.253 e. The van der Waals surface area contributed by atoms with Crippen LogP contribution in [0.5, 0.6) is 11.5 Å². The number of benzene rings is 3. The van der Waals surface area contributed by atoms with Gasteiger partial charge in [0.25, 0.3) is 5.91 Å². The quantitative estimate of drug-likeness (QED) is 0.353. The molecule has 4 rings (SSSR count). The number of sulfonamides is 1. The second-order valence-corrected chi connectivity index (χ2v) is 11.7. The number of halogens is 1. The molecule has 9 nitrogen and oxygen atoms in total. The summed E-state index contributed by atoms with van der Waals surface area (Å²) in [7, 11) is -0.595. The third-order valence-electron chi connectivity index (χ3n) is 7.09. The molecule has 0 radical (unpaired) electrons. The Balaban J connectivity index is 1.31. The first-order chi connectivity index (χ1) is 19.7. The van der Waals surface area contributed by atoms with Crippen molar-refractivity contribution in [3.63, 3.8) is 0 Å². The number of methoxy groups -OCH3 is 2. The van der Waals surface area contributed by atoms with Crippen LogP contribution in [-0.4, -0.2) is 58.4 Å². The number of amides is 2. The van der Waals surface area contributed by atoms with Crippen molar-refractivity contribution in [3.8, 4) is 11.5 Å². The minimum atomic E-state index is -3.73. The fraction of sp³-hybridized carbons (Fsp3) is 0.333. The maximum atomic E-state index is 14.0. The van der Waals surface area contributed by atoms with Gasteiger partial charge in [-0.15, -0.1) is 0 Å². The number of nitrogens with zero attached hydrogens (tertiary/aromatic N) is 1. The van der Waals surface area contributed by atoms with Crippen molar-refractivity contribution in [1.82, 2.24) is 9.62 Å². The van der Waals surface area contributed by atoms with Crippen LogP contribution >= 0.6 is 0 Å². The average Bonchev–Trinajstić information content (AvgIpc) is 2.98. The Morgan fingerprint density at radius 2 is 1.63 bits per heavy atom. The average molecular weight is 584 g/mol. The summed E-state index contributed by atoms with van der Waals surface area (Å²) in [5.41, 5.74) is 1.80. The third-order valence-corrected chi connectivity index (χ3v) is 8.92. The van der Waals surface area contributed by atoms with Gasteiger partial charge in [0.1, 0.15) is 5.82 Å². The Morgan fingerprint density at radius 1 is 0.951 bits per heavy atom. The molecule has 3 aromatic rings. The van der Waals surface area contributed by atoms with Gasteiger partial charge >= 0.3 is 0 Å². The van der Waals surface area contributed by atoms with Crippen molar-refractivity contribution in [3.05, 3.63) is 89.2 Å². The number of piperidine rings is 1. The zero-order valence-electron chi connectivity index (χ0n) is 23.1. The highest BCUT2D eigenvalue weighted by Crippen LogP contribution is 2.28. The van der Waals surface area contributed by atoms with E-state index < -0.39 is 27.5 Å². The number of anilines is 1. The molecule has 1 fully saturated rings. The first-order valence-electron chi connectivity index (χ1n) is 13.3. The van der Waals surface area contributed by atoms with E-state index in [0.717, 1.165) is 5.56 Å². The molecule has 41 heavy (non-hydrogen) atoms. The molecule has 0 atom stereocenters. The SMILES string of the molecule is COc1ccc(CCNC(=O)c2ccccc2NC(=O)C2CCN(S(=O)(=O)Cc3ccccc3F)CC2)cc1OC. The van der Waals surface area contributed by atoms with Crippen LogP contribution in [0.3, 0.4) is 0 Å². The topological polar surface area (TPSA) is 114 Å². The predicted octanol–water partition coefficient (Wildman–Crippen LogP) is 4.00. The van der Waals surface area contributed by atoms with E-state index in [4.69, 9.17) is 9.47 Å². The fourth-order valence-corrected chi connectivity index (χ4v) is 6.35. The number of carbonyl (C=O) groups excluding carboxylic acids is 2. The fourth-order valence-electron chi connectivity index (χ4n) is 4.78. The van der Waals surface area contributed by atoms with E-state index in [1.54, 1.807) is 44.6 Å². The van der Waals surface area contributed by atoms with E-state index in [9.17, 15) is 22.4 Å². The predicted molar refractivity (Wildman–Crippen MR) is 154 cm³/mol. The molecule has 0 aromatic heterocycles. The number of ether oxygens (including phenoxy) is 2. The van der Waals surface area contributed by atoms with Gasteiger partial charge in [0.2, 0.25) is 15.9 Å². The van der Waals surface area contributed by atoms with Crippen molar-refractivity contribution in [1.29, 1.82) is 0 Å². The molecule has 1 aliphatic heterocycles. The van der Waals surface area contributed by atoms with Crippen LogP contribution in [0, 0.1) is 11.7 Å². The Labute approximate surface area is 239 Å². The highest BCUT2D eigenvalue weighted by atomic mass is 32.2. The largest absolute Gasteiger partial charge is 0.493 e. The number of para-hydroxylation sites is 1. The van der Waals surface area contributed by atoms with Crippen LogP contribution in [-0.2, 0) is 27.0 Å². The molecular formula is C30H34FN3O6S. The zero-order chi connectivity index (χ0) is 29.4. The lowest BCUT2D eigenvalue weighted by molar-refractivity contribution is -0.120. The molecule has 3 aromatic carbocycles. The van der Waals surface area contributed by atoms with Crippen LogP contribution in [0.4, 0.5) is 10.1 Å². The number of carbonyl (C=O) groups is 2. The lowest BCUT2D eigenvalue weighted by Crippen LogP contribution is -2.42. The van der Waals surface area contributed by atoms with Crippen LogP contribution < -0.4 is 20.1 Å². The van der Waals surface area contributed by atoms with Gasteiger partial charge in [-0.2, -0.15) is 0 Å². The monoisotopic (exact) mass is 583 g/mol.